The lowest BCUT2D eigenvalue weighted by Crippen LogP contribution is -2.27. The Morgan fingerprint density at radius 2 is 1.83 bits per heavy atom. The molecule has 1 unspecified atom stereocenters. The van der Waals surface area contributed by atoms with E-state index in [-0.39, 0.29) is 0 Å². The highest BCUT2D eigenvalue weighted by molar-refractivity contribution is 7.99. The van der Waals surface area contributed by atoms with Crippen molar-refractivity contribution in [3.63, 3.8) is 0 Å². The smallest absolute Gasteiger partial charge is 0.333 e. The van der Waals surface area contributed by atoms with Crippen LogP contribution in [0.15, 0.2) is 64.4 Å². The molecule has 0 spiro atoms. The van der Waals surface area contributed by atoms with E-state index in [1.807, 2.05) is 54.6 Å². The van der Waals surface area contributed by atoms with Crippen molar-refractivity contribution in [3.05, 3.63) is 60.2 Å². The Bertz CT molecular complexity index is 613. The van der Waals surface area contributed by atoms with Crippen molar-refractivity contribution in [2.24, 2.45) is 0 Å². The summed E-state index contributed by atoms with van der Waals surface area (Å²) in [7, 11) is 0. The average molecular weight is 330 g/mol. The minimum absolute atomic E-state index is 0.384. The monoisotopic (exact) mass is 330 g/mol. The summed E-state index contributed by atoms with van der Waals surface area (Å²) in [6, 6.07) is 18.0. The standard InChI is InChI=1S/C19H22O3S/c1-2-3-13-22-17(19(20)21)14-15-9-7-8-12-18(15)23-16-10-5-4-6-11-16/h4-12,17H,2-3,13-14H2,1H3,(H,20,21). The van der Waals surface area contributed by atoms with Crippen LogP contribution in [0.3, 0.4) is 0 Å². The summed E-state index contributed by atoms with van der Waals surface area (Å²) in [4.78, 5) is 13.6. The number of carboxylic acids is 1. The lowest BCUT2D eigenvalue weighted by atomic mass is 10.1. The van der Waals surface area contributed by atoms with Gasteiger partial charge in [-0.3, -0.25) is 0 Å². The number of carboxylic acid groups (broad SMARTS) is 1. The number of rotatable bonds is 9. The third-order valence-corrected chi connectivity index (χ3v) is 4.57. The number of carbonyl (C=O) groups is 1. The largest absolute Gasteiger partial charge is 0.479 e. The molecule has 0 saturated carbocycles. The van der Waals surface area contributed by atoms with Crippen LogP contribution in [0.1, 0.15) is 25.3 Å². The number of hydrogen-bond donors (Lipinski definition) is 1. The molecular weight excluding hydrogens is 308 g/mol. The average Bonchev–Trinajstić information content (AvgIpc) is 2.56. The third-order valence-electron chi connectivity index (χ3n) is 3.44. The zero-order chi connectivity index (χ0) is 16.5. The Morgan fingerprint density at radius 1 is 1.13 bits per heavy atom. The molecule has 122 valence electrons. The van der Waals surface area contributed by atoms with Gasteiger partial charge >= 0.3 is 5.97 Å². The van der Waals surface area contributed by atoms with Crippen LogP contribution >= 0.6 is 11.8 Å². The maximum atomic E-state index is 11.4. The molecule has 0 saturated heterocycles. The number of hydrogen-bond acceptors (Lipinski definition) is 3. The summed E-state index contributed by atoms with van der Waals surface area (Å²) in [5.41, 5.74) is 1.00. The topological polar surface area (TPSA) is 46.5 Å². The molecule has 2 rings (SSSR count). The van der Waals surface area contributed by atoms with Gasteiger partial charge in [0.1, 0.15) is 0 Å². The van der Waals surface area contributed by atoms with Crippen LogP contribution in [-0.2, 0) is 16.0 Å². The fraction of sp³-hybridized carbons (Fsp3) is 0.316. The zero-order valence-electron chi connectivity index (χ0n) is 13.3. The third kappa shape index (κ3) is 5.73. The first-order valence-electron chi connectivity index (χ1n) is 7.86. The molecule has 2 aromatic carbocycles. The van der Waals surface area contributed by atoms with Gasteiger partial charge in [-0.15, -0.1) is 0 Å². The number of unbranched alkanes of at least 4 members (excludes halogenated alkanes) is 1. The molecule has 0 aliphatic rings. The Balaban J connectivity index is 2.10. The van der Waals surface area contributed by atoms with Crippen LogP contribution in [0, 0.1) is 0 Å². The summed E-state index contributed by atoms with van der Waals surface area (Å²) in [6.07, 6.45) is 1.46. The van der Waals surface area contributed by atoms with Crippen LogP contribution in [0.5, 0.6) is 0 Å². The van der Waals surface area contributed by atoms with Gasteiger partial charge in [0, 0.05) is 22.8 Å². The lowest BCUT2D eigenvalue weighted by molar-refractivity contribution is -0.150. The molecule has 0 bridgehead atoms. The number of aliphatic carboxylic acids is 1. The van der Waals surface area contributed by atoms with Crippen LogP contribution in [-0.4, -0.2) is 23.8 Å². The molecule has 0 radical (unpaired) electrons. The SMILES string of the molecule is CCCCOC(Cc1ccccc1Sc1ccccc1)C(=O)O. The molecule has 1 N–H and O–H groups in total. The molecule has 0 aliphatic heterocycles. The second-order valence-electron chi connectivity index (χ2n) is 5.28. The molecule has 0 heterocycles. The van der Waals surface area contributed by atoms with E-state index in [2.05, 4.69) is 6.92 Å². The lowest BCUT2D eigenvalue weighted by Gasteiger charge is -2.16. The highest BCUT2D eigenvalue weighted by atomic mass is 32.2. The predicted octanol–water partition coefficient (Wildman–Crippen LogP) is 4.65. The summed E-state index contributed by atoms with van der Waals surface area (Å²) in [6.45, 7) is 2.55. The Kier molecular flexibility index (Phi) is 7.17. The molecule has 0 aromatic heterocycles. The highest BCUT2D eigenvalue weighted by Crippen LogP contribution is 2.31. The van der Waals surface area contributed by atoms with Crippen molar-refractivity contribution in [1.29, 1.82) is 0 Å². The Labute approximate surface area is 141 Å². The maximum absolute atomic E-state index is 11.4. The quantitative estimate of drug-likeness (QED) is 0.680. The van der Waals surface area contributed by atoms with Crippen molar-refractivity contribution in [2.45, 2.75) is 42.1 Å². The van der Waals surface area contributed by atoms with Crippen LogP contribution in [0.2, 0.25) is 0 Å². The van der Waals surface area contributed by atoms with Gasteiger partial charge in [-0.1, -0.05) is 61.5 Å². The fourth-order valence-corrected chi connectivity index (χ4v) is 3.15. The second kappa shape index (κ2) is 9.38. The van der Waals surface area contributed by atoms with Crippen molar-refractivity contribution < 1.29 is 14.6 Å². The van der Waals surface area contributed by atoms with Gasteiger partial charge in [0.2, 0.25) is 0 Å². The van der Waals surface area contributed by atoms with E-state index in [9.17, 15) is 9.90 Å². The summed E-state index contributed by atoms with van der Waals surface area (Å²) in [5, 5.41) is 9.38. The van der Waals surface area contributed by atoms with Crippen molar-refractivity contribution in [3.8, 4) is 0 Å². The van der Waals surface area contributed by atoms with Gasteiger partial charge in [0.05, 0.1) is 0 Å². The van der Waals surface area contributed by atoms with E-state index in [0.29, 0.717) is 13.0 Å². The van der Waals surface area contributed by atoms with Gasteiger partial charge in [-0.05, 0) is 30.2 Å². The molecule has 3 nitrogen and oxygen atoms in total. The van der Waals surface area contributed by atoms with E-state index in [4.69, 9.17) is 4.74 Å². The minimum Gasteiger partial charge on any atom is -0.479 e. The first-order chi connectivity index (χ1) is 11.2. The van der Waals surface area contributed by atoms with Gasteiger partial charge in [0.25, 0.3) is 0 Å². The van der Waals surface area contributed by atoms with Crippen molar-refractivity contribution in [2.75, 3.05) is 6.61 Å². The Hall–Kier alpha value is -1.78. The molecule has 2 aromatic rings. The van der Waals surface area contributed by atoms with Gasteiger partial charge < -0.3 is 9.84 Å². The van der Waals surface area contributed by atoms with Crippen LogP contribution in [0.25, 0.3) is 0 Å². The summed E-state index contributed by atoms with van der Waals surface area (Å²) in [5.74, 6) is -0.902. The first kappa shape index (κ1) is 17.6. The van der Waals surface area contributed by atoms with Gasteiger partial charge in [-0.2, -0.15) is 0 Å². The van der Waals surface area contributed by atoms with Crippen LogP contribution < -0.4 is 0 Å². The van der Waals surface area contributed by atoms with Crippen LogP contribution in [0.4, 0.5) is 0 Å². The van der Waals surface area contributed by atoms with Gasteiger partial charge in [-0.25, -0.2) is 4.79 Å². The molecule has 1 atom stereocenters. The summed E-state index contributed by atoms with van der Waals surface area (Å²) < 4.78 is 5.54. The Morgan fingerprint density at radius 3 is 2.52 bits per heavy atom. The minimum atomic E-state index is -0.902. The van der Waals surface area contributed by atoms with Gasteiger partial charge in [0.15, 0.2) is 6.10 Å². The van der Waals surface area contributed by atoms with Crippen molar-refractivity contribution >= 4 is 17.7 Å². The molecule has 23 heavy (non-hydrogen) atoms. The predicted molar refractivity (Wildman–Crippen MR) is 93.0 cm³/mol. The van der Waals surface area contributed by atoms with E-state index >= 15 is 0 Å². The normalized spacial score (nSPS) is 12.0. The molecule has 0 amide bonds. The van der Waals surface area contributed by atoms with Crippen molar-refractivity contribution in [1.82, 2.24) is 0 Å². The number of ether oxygens (including phenoxy) is 1. The zero-order valence-corrected chi connectivity index (χ0v) is 14.1. The van der Waals surface area contributed by atoms with E-state index < -0.39 is 12.1 Å². The van der Waals surface area contributed by atoms with E-state index in [1.54, 1.807) is 11.8 Å². The van der Waals surface area contributed by atoms with E-state index in [1.165, 1.54) is 0 Å². The fourth-order valence-electron chi connectivity index (χ4n) is 2.17. The molecule has 4 heteroatoms. The summed E-state index contributed by atoms with van der Waals surface area (Å²) >= 11 is 1.65. The first-order valence-corrected chi connectivity index (χ1v) is 8.67. The van der Waals surface area contributed by atoms with E-state index in [0.717, 1.165) is 28.2 Å². The number of benzene rings is 2. The second-order valence-corrected chi connectivity index (χ2v) is 6.39. The molecule has 0 fully saturated rings. The maximum Gasteiger partial charge on any atom is 0.333 e. The molecular formula is C19H22O3S. The molecule has 0 aliphatic carbocycles. The highest BCUT2D eigenvalue weighted by Gasteiger charge is 2.20.